The number of hydrogen-bond acceptors (Lipinski definition) is 6. The highest BCUT2D eigenvalue weighted by Crippen LogP contribution is 2.31. The van der Waals surface area contributed by atoms with E-state index >= 15 is 0 Å². The molecule has 1 heterocycles. The summed E-state index contributed by atoms with van der Waals surface area (Å²) in [6.07, 6.45) is 1.40. The van der Waals surface area contributed by atoms with Crippen molar-refractivity contribution in [3.63, 3.8) is 0 Å². The molecule has 0 saturated heterocycles. The fraction of sp³-hybridized carbons (Fsp3) is 0.0952. The standard InChI is InChI=1S/C21H18N2O7/c1-2-10-29-23-16-11-14(30-13-6-4-3-5-7-13)8-9-15(16)19(26)18(21(23)28)20(27)22-12-17(24)25/h2-9,11,26H,1,10,12H2,(H,22,27)(H,24,25). The highest BCUT2D eigenvalue weighted by Gasteiger charge is 2.24. The first-order chi connectivity index (χ1) is 14.4. The number of aromatic hydroxyl groups is 1. The van der Waals surface area contributed by atoms with E-state index < -0.39 is 35.3 Å². The number of aliphatic carboxylic acids is 1. The number of rotatable bonds is 8. The zero-order valence-electron chi connectivity index (χ0n) is 15.7. The lowest BCUT2D eigenvalue weighted by atomic mass is 10.1. The molecule has 0 atom stereocenters. The summed E-state index contributed by atoms with van der Waals surface area (Å²) in [7, 11) is 0. The van der Waals surface area contributed by atoms with Gasteiger partial charge in [0.25, 0.3) is 11.5 Å². The SMILES string of the molecule is C=CCOn1c(=O)c(C(=O)NCC(=O)O)c(O)c2ccc(Oc3ccccc3)cc21. The van der Waals surface area contributed by atoms with E-state index in [0.29, 0.717) is 11.5 Å². The Morgan fingerprint density at radius 2 is 1.87 bits per heavy atom. The van der Waals surface area contributed by atoms with Crippen molar-refractivity contribution in [3.8, 4) is 17.2 Å². The molecule has 0 unspecified atom stereocenters. The third-order valence-corrected chi connectivity index (χ3v) is 4.01. The second kappa shape index (κ2) is 8.82. The van der Waals surface area contributed by atoms with Crippen LogP contribution in [0.2, 0.25) is 0 Å². The van der Waals surface area contributed by atoms with Crippen LogP contribution in [0.3, 0.4) is 0 Å². The molecule has 154 valence electrons. The molecule has 1 aromatic heterocycles. The number of fused-ring (bicyclic) bond motifs is 1. The molecule has 0 saturated carbocycles. The monoisotopic (exact) mass is 410 g/mol. The van der Waals surface area contributed by atoms with Gasteiger partial charge in [-0.05, 0) is 24.3 Å². The number of carboxylic acid groups (broad SMARTS) is 1. The Bertz CT molecular complexity index is 1170. The number of hydrogen-bond donors (Lipinski definition) is 3. The molecular formula is C21H18N2O7. The van der Waals surface area contributed by atoms with Crippen LogP contribution in [-0.4, -0.2) is 40.0 Å². The number of carbonyl (C=O) groups excluding carboxylic acids is 1. The van der Waals surface area contributed by atoms with Gasteiger partial charge in [0.05, 0.1) is 5.52 Å². The summed E-state index contributed by atoms with van der Waals surface area (Å²) in [6.45, 7) is 2.75. The van der Waals surface area contributed by atoms with Gasteiger partial charge in [-0.25, -0.2) is 0 Å². The molecule has 9 nitrogen and oxygen atoms in total. The van der Waals surface area contributed by atoms with E-state index in [1.165, 1.54) is 18.2 Å². The largest absolute Gasteiger partial charge is 0.506 e. The number of carbonyl (C=O) groups is 2. The van der Waals surface area contributed by atoms with Gasteiger partial charge >= 0.3 is 5.97 Å². The molecule has 0 fully saturated rings. The van der Waals surface area contributed by atoms with Crippen LogP contribution in [0.5, 0.6) is 17.2 Å². The number of nitrogens with zero attached hydrogens (tertiary/aromatic N) is 1. The second-order valence-corrected chi connectivity index (χ2v) is 6.08. The zero-order valence-corrected chi connectivity index (χ0v) is 15.7. The summed E-state index contributed by atoms with van der Waals surface area (Å²) >= 11 is 0. The van der Waals surface area contributed by atoms with Crippen molar-refractivity contribution >= 4 is 22.8 Å². The van der Waals surface area contributed by atoms with Crippen LogP contribution in [0.4, 0.5) is 0 Å². The van der Waals surface area contributed by atoms with Crippen molar-refractivity contribution in [2.75, 3.05) is 13.2 Å². The number of carboxylic acids is 1. The van der Waals surface area contributed by atoms with Gasteiger partial charge in [-0.1, -0.05) is 30.9 Å². The van der Waals surface area contributed by atoms with E-state index in [4.69, 9.17) is 14.7 Å². The fourth-order valence-electron chi connectivity index (χ4n) is 2.72. The van der Waals surface area contributed by atoms with E-state index in [1.807, 2.05) is 6.07 Å². The van der Waals surface area contributed by atoms with Gasteiger partial charge in [0.1, 0.15) is 30.4 Å². The van der Waals surface area contributed by atoms with E-state index in [2.05, 4.69) is 11.9 Å². The maximum atomic E-state index is 12.9. The maximum Gasteiger partial charge on any atom is 0.322 e. The normalized spacial score (nSPS) is 10.4. The number of amides is 1. The number of nitrogens with one attached hydrogen (secondary N) is 1. The van der Waals surface area contributed by atoms with Gasteiger partial charge in [-0.3, -0.25) is 14.4 Å². The first kappa shape index (κ1) is 20.5. The molecule has 0 radical (unpaired) electrons. The summed E-state index contributed by atoms with van der Waals surface area (Å²) in [4.78, 5) is 41.3. The van der Waals surface area contributed by atoms with Crippen LogP contribution < -0.4 is 20.5 Å². The molecule has 3 aromatic rings. The van der Waals surface area contributed by atoms with Crippen LogP contribution in [0.25, 0.3) is 10.9 Å². The van der Waals surface area contributed by atoms with E-state index in [1.54, 1.807) is 30.3 Å². The Balaban J connectivity index is 2.13. The smallest absolute Gasteiger partial charge is 0.322 e. The minimum atomic E-state index is -1.30. The number of pyridine rings is 1. The van der Waals surface area contributed by atoms with Crippen LogP contribution >= 0.6 is 0 Å². The van der Waals surface area contributed by atoms with Crippen LogP contribution in [-0.2, 0) is 4.79 Å². The molecule has 30 heavy (non-hydrogen) atoms. The van der Waals surface area contributed by atoms with E-state index in [-0.39, 0.29) is 17.5 Å². The van der Waals surface area contributed by atoms with Gasteiger partial charge < -0.3 is 25.1 Å². The van der Waals surface area contributed by atoms with Crippen molar-refractivity contribution in [1.29, 1.82) is 0 Å². The Labute approximate surface area is 170 Å². The second-order valence-electron chi connectivity index (χ2n) is 6.08. The lowest BCUT2D eigenvalue weighted by molar-refractivity contribution is -0.135. The van der Waals surface area contributed by atoms with Gasteiger partial charge in [-0.15, -0.1) is 4.73 Å². The summed E-state index contributed by atoms with van der Waals surface area (Å²) < 4.78 is 6.59. The van der Waals surface area contributed by atoms with Gasteiger partial charge in [0.15, 0.2) is 5.56 Å². The molecule has 3 N–H and O–H groups in total. The van der Waals surface area contributed by atoms with Crippen molar-refractivity contribution in [2.45, 2.75) is 0 Å². The lowest BCUT2D eigenvalue weighted by Gasteiger charge is -2.15. The molecule has 0 spiro atoms. The number of ether oxygens (including phenoxy) is 1. The number of benzene rings is 2. The van der Waals surface area contributed by atoms with E-state index in [9.17, 15) is 19.5 Å². The summed E-state index contributed by atoms with van der Waals surface area (Å²) in [6, 6.07) is 13.4. The Morgan fingerprint density at radius 1 is 1.13 bits per heavy atom. The highest BCUT2D eigenvalue weighted by atomic mass is 16.7. The number of para-hydroxylation sites is 1. The van der Waals surface area contributed by atoms with Gasteiger partial charge in [0, 0.05) is 11.5 Å². The summed E-state index contributed by atoms with van der Waals surface area (Å²) in [5.41, 5.74) is -1.44. The summed E-state index contributed by atoms with van der Waals surface area (Å²) in [5, 5.41) is 21.5. The van der Waals surface area contributed by atoms with Crippen LogP contribution in [0.15, 0.2) is 66.0 Å². The predicted octanol–water partition coefficient (Wildman–Crippen LogP) is 1.93. The van der Waals surface area contributed by atoms with Crippen LogP contribution in [0.1, 0.15) is 10.4 Å². The Kier molecular flexibility index (Phi) is 6.02. The molecule has 3 rings (SSSR count). The van der Waals surface area contributed by atoms with E-state index in [0.717, 1.165) is 4.73 Å². The molecule has 0 bridgehead atoms. The highest BCUT2D eigenvalue weighted by molar-refractivity contribution is 6.03. The van der Waals surface area contributed by atoms with Gasteiger partial charge in [-0.2, -0.15) is 0 Å². The predicted molar refractivity (Wildman–Crippen MR) is 108 cm³/mol. The zero-order chi connectivity index (χ0) is 21.7. The Hall–Kier alpha value is -4.27. The first-order valence-electron chi connectivity index (χ1n) is 8.81. The van der Waals surface area contributed by atoms with Crippen LogP contribution in [0, 0.1) is 0 Å². The Morgan fingerprint density at radius 3 is 2.53 bits per heavy atom. The molecule has 2 aromatic carbocycles. The third kappa shape index (κ3) is 4.25. The minimum absolute atomic E-state index is 0.0558. The first-order valence-corrected chi connectivity index (χ1v) is 8.81. The van der Waals surface area contributed by atoms with Crippen molar-refractivity contribution in [1.82, 2.24) is 10.0 Å². The molecular weight excluding hydrogens is 392 g/mol. The molecule has 1 amide bonds. The number of aromatic nitrogens is 1. The van der Waals surface area contributed by atoms with Crippen molar-refractivity contribution in [2.24, 2.45) is 0 Å². The maximum absolute atomic E-state index is 12.9. The lowest BCUT2D eigenvalue weighted by Crippen LogP contribution is -2.37. The van der Waals surface area contributed by atoms with Crippen molar-refractivity contribution in [3.05, 3.63) is 77.1 Å². The average Bonchev–Trinajstić information content (AvgIpc) is 2.73. The molecule has 0 aliphatic rings. The molecule has 0 aliphatic carbocycles. The third-order valence-electron chi connectivity index (χ3n) is 4.01. The van der Waals surface area contributed by atoms with Gasteiger partial charge in [0.2, 0.25) is 0 Å². The topological polar surface area (TPSA) is 127 Å². The van der Waals surface area contributed by atoms with Crippen molar-refractivity contribution < 1.29 is 29.4 Å². The molecule has 0 aliphatic heterocycles. The average molecular weight is 410 g/mol. The summed E-state index contributed by atoms with van der Waals surface area (Å²) in [5.74, 6) is -2.00. The minimum Gasteiger partial charge on any atom is -0.506 e. The fourth-order valence-corrected chi connectivity index (χ4v) is 2.72. The molecule has 9 heteroatoms. The quantitative estimate of drug-likeness (QED) is 0.484.